The van der Waals surface area contributed by atoms with Gasteiger partial charge in [-0.1, -0.05) is 13.8 Å². The van der Waals surface area contributed by atoms with Crippen molar-refractivity contribution in [1.82, 2.24) is 6.15 Å². The Morgan fingerprint density at radius 2 is 1.90 bits per heavy atom. The van der Waals surface area contributed by atoms with Crippen molar-refractivity contribution < 1.29 is 0 Å². The van der Waals surface area contributed by atoms with Crippen LogP contribution in [0.25, 0.3) is 0 Å². The Kier molecular flexibility index (Phi) is 3.91. The Balaban J connectivity index is 0.000000810. The minimum Gasteiger partial charge on any atom is -0.344 e. The van der Waals surface area contributed by atoms with E-state index < -0.39 is 0 Å². The Bertz CT molecular complexity index is 91.3. The van der Waals surface area contributed by atoms with E-state index in [0.717, 1.165) is 11.8 Å². The van der Waals surface area contributed by atoms with Crippen molar-refractivity contribution >= 4 is 0 Å². The molecule has 0 heterocycles. The smallest absolute Gasteiger partial charge is 0.00416 e. The fraction of sp³-hybridized carbons (Fsp3) is 1.00. The summed E-state index contributed by atoms with van der Waals surface area (Å²) in [6.45, 7) is 4.59. The zero-order valence-corrected chi connectivity index (χ0v) is 7.14. The van der Waals surface area contributed by atoms with Crippen molar-refractivity contribution in [2.45, 2.75) is 39.2 Å². The van der Waals surface area contributed by atoms with E-state index in [1.807, 2.05) is 0 Å². The first-order valence-corrected chi connectivity index (χ1v) is 3.95. The van der Waals surface area contributed by atoms with Crippen LogP contribution in [0, 0.1) is 11.8 Å². The number of hydrogen-bond acceptors (Lipinski definition) is 2. The predicted octanol–water partition coefficient (Wildman–Crippen LogP) is 1.93. The van der Waals surface area contributed by atoms with E-state index in [2.05, 4.69) is 13.8 Å². The second-order valence-electron chi connectivity index (χ2n) is 3.58. The highest BCUT2D eigenvalue weighted by Gasteiger charge is 2.23. The van der Waals surface area contributed by atoms with Gasteiger partial charge in [0.1, 0.15) is 0 Å². The first-order valence-electron chi connectivity index (χ1n) is 3.95. The molecule has 1 fully saturated rings. The highest BCUT2D eigenvalue weighted by molar-refractivity contribution is 4.79. The normalized spacial score (nSPS) is 32.4. The molecular formula is C8H20N2. The number of hydrogen-bond donors (Lipinski definition) is 2. The van der Waals surface area contributed by atoms with E-state index in [1.165, 1.54) is 19.3 Å². The SMILES string of the molecule is CC(C)C1CCC(N)C1.N. The molecule has 0 aliphatic heterocycles. The van der Waals surface area contributed by atoms with Crippen LogP contribution in [0.4, 0.5) is 0 Å². The third-order valence-electron chi connectivity index (χ3n) is 2.46. The van der Waals surface area contributed by atoms with Crippen molar-refractivity contribution in [1.29, 1.82) is 0 Å². The van der Waals surface area contributed by atoms with Gasteiger partial charge in [0.15, 0.2) is 0 Å². The van der Waals surface area contributed by atoms with E-state index in [0.29, 0.717) is 6.04 Å². The molecule has 0 saturated heterocycles. The summed E-state index contributed by atoms with van der Waals surface area (Å²) >= 11 is 0. The second-order valence-corrected chi connectivity index (χ2v) is 3.58. The molecular weight excluding hydrogens is 124 g/mol. The second kappa shape index (κ2) is 3.94. The number of nitrogens with two attached hydrogens (primary N) is 1. The molecule has 0 bridgehead atoms. The maximum atomic E-state index is 5.76. The van der Waals surface area contributed by atoms with E-state index in [-0.39, 0.29) is 6.15 Å². The van der Waals surface area contributed by atoms with Gasteiger partial charge in [-0.05, 0) is 31.1 Å². The molecule has 5 N–H and O–H groups in total. The molecule has 2 unspecified atom stereocenters. The van der Waals surface area contributed by atoms with Crippen LogP contribution in [0.15, 0.2) is 0 Å². The van der Waals surface area contributed by atoms with Gasteiger partial charge in [-0.15, -0.1) is 0 Å². The summed E-state index contributed by atoms with van der Waals surface area (Å²) in [6.07, 6.45) is 3.87. The third kappa shape index (κ3) is 2.27. The first-order chi connectivity index (χ1) is 4.20. The molecule has 62 valence electrons. The largest absolute Gasteiger partial charge is 0.344 e. The van der Waals surface area contributed by atoms with Gasteiger partial charge < -0.3 is 11.9 Å². The van der Waals surface area contributed by atoms with Crippen LogP contribution in [0.3, 0.4) is 0 Å². The molecule has 0 amide bonds. The fourth-order valence-electron chi connectivity index (χ4n) is 1.66. The van der Waals surface area contributed by atoms with Crippen LogP contribution < -0.4 is 11.9 Å². The van der Waals surface area contributed by atoms with Gasteiger partial charge in [0.05, 0.1) is 0 Å². The summed E-state index contributed by atoms with van der Waals surface area (Å²) in [5.74, 6) is 1.76. The van der Waals surface area contributed by atoms with E-state index >= 15 is 0 Å². The molecule has 2 nitrogen and oxygen atoms in total. The Morgan fingerprint density at radius 1 is 1.30 bits per heavy atom. The minimum absolute atomic E-state index is 0. The van der Waals surface area contributed by atoms with Crippen LogP contribution in [-0.4, -0.2) is 6.04 Å². The lowest BCUT2D eigenvalue weighted by atomic mass is 9.94. The highest BCUT2D eigenvalue weighted by Crippen LogP contribution is 2.29. The third-order valence-corrected chi connectivity index (χ3v) is 2.46. The summed E-state index contributed by atoms with van der Waals surface area (Å²) < 4.78 is 0. The summed E-state index contributed by atoms with van der Waals surface area (Å²) in [5.41, 5.74) is 5.76. The molecule has 0 aromatic heterocycles. The van der Waals surface area contributed by atoms with E-state index in [4.69, 9.17) is 5.73 Å². The molecule has 1 aliphatic carbocycles. The zero-order chi connectivity index (χ0) is 6.85. The lowest BCUT2D eigenvalue weighted by Crippen LogP contribution is -2.15. The summed E-state index contributed by atoms with van der Waals surface area (Å²) in [5, 5.41) is 0. The van der Waals surface area contributed by atoms with Crippen LogP contribution in [0.2, 0.25) is 0 Å². The van der Waals surface area contributed by atoms with Gasteiger partial charge in [-0.3, -0.25) is 0 Å². The van der Waals surface area contributed by atoms with E-state index in [1.54, 1.807) is 0 Å². The van der Waals surface area contributed by atoms with Crippen LogP contribution in [0.5, 0.6) is 0 Å². The van der Waals surface area contributed by atoms with Crippen molar-refractivity contribution in [2.75, 3.05) is 0 Å². The van der Waals surface area contributed by atoms with Gasteiger partial charge in [-0.25, -0.2) is 0 Å². The van der Waals surface area contributed by atoms with Crippen molar-refractivity contribution in [2.24, 2.45) is 17.6 Å². The van der Waals surface area contributed by atoms with Gasteiger partial charge in [0.25, 0.3) is 0 Å². The Hall–Kier alpha value is -0.0800. The Labute approximate surface area is 63.8 Å². The summed E-state index contributed by atoms with van der Waals surface area (Å²) in [6, 6.07) is 0.511. The van der Waals surface area contributed by atoms with Crippen molar-refractivity contribution in [3.05, 3.63) is 0 Å². The standard InChI is InChI=1S/C8H17N.H3N/c1-6(2)7-3-4-8(9)5-7;/h6-8H,3-5,9H2,1-2H3;1H3. The van der Waals surface area contributed by atoms with Gasteiger partial charge in [0, 0.05) is 6.04 Å². The minimum atomic E-state index is 0. The average Bonchev–Trinajstić information content (AvgIpc) is 2.14. The van der Waals surface area contributed by atoms with Gasteiger partial charge in [0.2, 0.25) is 0 Å². The van der Waals surface area contributed by atoms with E-state index in [9.17, 15) is 0 Å². The maximum Gasteiger partial charge on any atom is 0.00416 e. The fourth-order valence-corrected chi connectivity index (χ4v) is 1.66. The predicted molar refractivity (Wildman–Crippen MR) is 45.2 cm³/mol. The lowest BCUT2D eigenvalue weighted by molar-refractivity contribution is 0.391. The van der Waals surface area contributed by atoms with Gasteiger partial charge >= 0.3 is 0 Å². The molecule has 0 aromatic rings. The Morgan fingerprint density at radius 3 is 2.10 bits per heavy atom. The topological polar surface area (TPSA) is 61.0 Å². The highest BCUT2D eigenvalue weighted by atomic mass is 14.6. The molecule has 10 heavy (non-hydrogen) atoms. The number of rotatable bonds is 1. The first kappa shape index (κ1) is 9.92. The zero-order valence-electron chi connectivity index (χ0n) is 7.14. The maximum absolute atomic E-state index is 5.76. The molecule has 0 radical (unpaired) electrons. The van der Waals surface area contributed by atoms with Crippen LogP contribution >= 0.6 is 0 Å². The molecule has 1 aliphatic rings. The monoisotopic (exact) mass is 144 g/mol. The molecule has 2 atom stereocenters. The average molecular weight is 144 g/mol. The molecule has 2 heteroatoms. The molecule has 0 aromatic carbocycles. The summed E-state index contributed by atoms with van der Waals surface area (Å²) in [7, 11) is 0. The van der Waals surface area contributed by atoms with Crippen molar-refractivity contribution in [3.8, 4) is 0 Å². The molecule has 1 rings (SSSR count). The van der Waals surface area contributed by atoms with Gasteiger partial charge in [-0.2, -0.15) is 0 Å². The van der Waals surface area contributed by atoms with Crippen LogP contribution in [0.1, 0.15) is 33.1 Å². The lowest BCUT2D eigenvalue weighted by Gasteiger charge is -2.12. The molecule has 1 saturated carbocycles. The van der Waals surface area contributed by atoms with Crippen molar-refractivity contribution in [3.63, 3.8) is 0 Å². The molecule has 0 spiro atoms. The van der Waals surface area contributed by atoms with Crippen LogP contribution in [-0.2, 0) is 0 Å². The summed E-state index contributed by atoms with van der Waals surface area (Å²) in [4.78, 5) is 0. The quantitative estimate of drug-likeness (QED) is 0.590.